The van der Waals surface area contributed by atoms with Crippen molar-refractivity contribution in [2.24, 2.45) is 0 Å². The zero-order chi connectivity index (χ0) is 24.1. The van der Waals surface area contributed by atoms with Gasteiger partial charge in [0.25, 0.3) is 5.56 Å². The van der Waals surface area contributed by atoms with Gasteiger partial charge in [0.1, 0.15) is 23.5 Å². The van der Waals surface area contributed by atoms with E-state index >= 15 is 0 Å². The molecule has 1 saturated heterocycles. The van der Waals surface area contributed by atoms with Gasteiger partial charge in [-0.3, -0.25) is 9.32 Å². The average molecular weight is 521 g/mol. The highest BCUT2D eigenvalue weighted by Crippen LogP contribution is 2.66. The number of aromatic amines is 1. The summed E-state index contributed by atoms with van der Waals surface area (Å²) in [5.74, 6) is 0. The smallest absolute Gasteiger partial charge is 0.387 e. The van der Waals surface area contributed by atoms with Gasteiger partial charge in [0.15, 0.2) is 6.23 Å². The van der Waals surface area contributed by atoms with Crippen LogP contribution >= 0.6 is 23.5 Å². The second-order valence-electron chi connectivity index (χ2n) is 6.78. The van der Waals surface area contributed by atoms with E-state index < -0.39 is 59.7 Å². The molecule has 2 aromatic rings. The van der Waals surface area contributed by atoms with Crippen molar-refractivity contribution >= 4 is 34.5 Å². The van der Waals surface area contributed by atoms with Crippen LogP contribution in [0.4, 0.5) is 0 Å². The molecule has 0 radical (unpaired) electrons. The lowest BCUT2D eigenvalue weighted by atomic mass is 9.96. The summed E-state index contributed by atoms with van der Waals surface area (Å²) >= 11 is 0. The second-order valence-corrected chi connectivity index (χ2v) is 11.2. The molecule has 0 spiro atoms. The van der Waals surface area contributed by atoms with Crippen molar-refractivity contribution < 1.29 is 61.4 Å². The van der Waals surface area contributed by atoms with E-state index in [1.165, 1.54) is 23.8 Å². The van der Waals surface area contributed by atoms with Crippen molar-refractivity contribution in [3.8, 4) is 0 Å². The molecule has 0 aliphatic carbocycles. The molecule has 6 atom stereocenters. The Morgan fingerprint density at radius 2 is 1.88 bits per heavy atom. The van der Waals surface area contributed by atoms with E-state index in [2.05, 4.69) is 23.1 Å². The summed E-state index contributed by atoms with van der Waals surface area (Å²) in [6.07, 6.45) is -2.13. The van der Waals surface area contributed by atoms with Crippen LogP contribution in [0.5, 0.6) is 0 Å². The maximum Gasteiger partial charge on any atom is 0.490 e. The van der Waals surface area contributed by atoms with Crippen LogP contribution in [0.3, 0.4) is 0 Å². The van der Waals surface area contributed by atoms with Crippen molar-refractivity contribution in [2.45, 2.75) is 31.0 Å². The Bertz CT molecular complexity index is 1200. The summed E-state index contributed by atoms with van der Waals surface area (Å²) in [6.45, 7) is 0.191. The molecule has 0 bridgehead atoms. The highest BCUT2D eigenvalue weighted by atomic mass is 31.3. The summed E-state index contributed by atoms with van der Waals surface area (Å²) in [5.41, 5.74) is -2.41. The quantitative estimate of drug-likeness (QED) is 0.207. The third kappa shape index (κ3) is 5.43. The largest absolute Gasteiger partial charge is 0.490 e. The number of fused-ring (bicyclic) bond motifs is 1. The maximum absolute atomic E-state index is 11.9. The number of rotatable bonds is 8. The number of aliphatic hydroxyl groups excluding tert-OH is 1. The van der Waals surface area contributed by atoms with Crippen LogP contribution in [-0.2, 0) is 31.6 Å². The molecule has 180 valence electrons. The Morgan fingerprint density at radius 3 is 2.50 bits per heavy atom. The number of hydrogen-bond donors (Lipinski definition) is 7. The highest BCUT2D eigenvalue weighted by Gasteiger charge is 2.54. The summed E-state index contributed by atoms with van der Waals surface area (Å²) in [4.78, 5) is 53.9. The summed E-state index contributed by atoms with van der Waals surface area (Å²) < 4.78 is 52.2. The van der Waals surface area contributed by atoms with E-state index in [-0.39, 0.29) is 11.0 Å². The molecule has 3 rings (SSSR count). The fraction of sp³-hybridized carbons (Fsp3) is 0.500. The molecular weight excluding hydrogens is 503 g/mol. The second kappa shape index (κ2) is 8.49. The van der Waals surface area contributed by atoms with Gasteiger partial charge in [0.05, 0.1) is 18.3 Å². The molecule has 0 aromatic carbocycles. The molecule has 20 heteroatoms. The molecule has 1 aliphatic heterocycles. The van der Waals surface area contributed by atoms with Crippen molar-refractivity contribution in [3.63, 3.8) is 0 Å². The number of hydrogen-bond acceptors (Lipinski definition) is 11. The Labute approximate surface area is 177 Å². The van der Waals surface area contributed by atoms with Crippen LogP contribution in [0.15, 0.2) is 23.4 Å². The molecule has 2 aromatic heterocycles. The number of phosphoric acid groups is 3. The number of nitrogens with zero attached hydrogens (tertiary/aromatic N) is 2. The lowest BCUT2D eigenvalue weighted by molar-refractivity contribution is -0.0947. The SMILES string of the molecule is C[C@@]1(O)[C@H](O)[C@@H](COP(=O)(O)OP(=O)(O)OP(=O)(O)O)O[C@H]1n1ccc2c(=O)[nH]cnc21. The van der Waals surface area contributed by atoms with Gasteiger partial charge in [-0.25, -0.2) is 18.7 Å². The Hall–Kier alpha value is -1.29. The number of nitrogens with one attached hydrogen (secondary N) is 1. The van der Waals surface area contributed by atoms with E-state index in [1.54, 1.807) is 0 Å². The standard InChI is InChI=1S/C12H18N3O14P3/c1-12(18)8(16)7(4-26-31(22,23)29-32(24,25)28-30(19,20)21)27-11(12)15-3-2-6-9(15)13-5-14-10(6)17/h2-3,5,7-8,11,16,18H,4H2,1H3,(H,22,23)(H,24,25)(H,13,14,17)(H2,19,20,21)/t7-,8-,11-,12-/m1/s1. The minimum atomic E-state index is -5.72. The van der Waals surface area contributed by atoms with Crippen LogP contribution in [0.25, 0.3) is 11.0 Å². The van der Waals surface area contributed by atoms with Gasteiger partial charge in [-0.05, 0) is 13.0 Å². The Balaban J connectivity index is 1.75. The molecule has 0 saturated carbocycles. The minimum absolute atomic E-state index is 0.0970. The lowest BCUT2D eigenvalue weighted by Crippen LogP contribution is -2.44. The zero-order valence-corrected chi connectivity index (χ0v) is 18.5. The summed E-state index contributed by atoms with van der Waals surface area (Å²) in [7, 11) is -16.7. The number of phosphoric ester groups is 1. The van der Waals surface area contributed by atoms with Crippen LogP contribution in [0.2, 0.25) is 0 Å². The van der Waals surface area contributed by atoms with Crippen LogP contribution in [0.1, 0.15) is 13.2 Å². The van der Waals surface area contributed by atoms with E-state index in [4.69, 9.17) is 19.4 Å². The third-order valence-corrected chi connectivity index (χ3v) is 8.14. The van der Waals surface area contributed by atoms with Gasteiger partial charge < -0.3 is 44.1 Å². The first-order chi connectivity index (χ1) is 14.5. The van der Waals surface area contributed by atoms with Gasteiger partial charge >= 0.3 is 23.5 Å². The highest BCUT2D eigenvalue weighted by molar-refractivity contribution is 7.66. The van der Waals surface area contributed by atoms with Crippen LogP contribution in [0, 0.1) is 0 Å². The molecular formula is C12H18N3O14P3. The zero-order valence-electron chi connectivity index (χ0n) is 15.9. The third-order valence-electron chi connectivity index (χ3n) is 4.34. The molecule has 1 fully saturated rings. The minimum Gasteiger partial charge on any atom is -0.387 e. The number of ether oxygens (including phenoxy) is 1. The average Bonchev–Trinajstić information content (AvgIpc) is 3.11. The Kier molecular flexibility index (Phi) is 6.72. The molecule has 7 N–H and O–H groups in total. The number of H-pyrrole nitrogens is 1. The fourth-order valence-electron chi connectivity index (χ4n) is 3.02. The first-order valence-corrected chi connectivity index (χ1v) is 12.9. The Morgan fingerprint density at radius 1 is 1.22 bits per heavy atom. The lowest BCUT2D eigenvalue weighted by Gasteiger charge is -2.27. The molecule has 32 heavy (non-hydrogen) atoms. The van der Waals surface area contributed by atoms with Crippen molar-refractivity contribution in [3.05, 3.63) is 28.9 Å². The van der Waals surface area contributed by atoms with Gasteiger partial charge in [0, 0.05) is 6.20 Å². The van der Waals surface area contributed by atoms with E-state index in [0.717, 1.165) is 6.33 Å². The van der Waals surface area contributed by atoms with E-state index in [9.17, 15) is 33.6 Å². The van der Waals surface area contributed by atoms with Gasteiger partial charge in [0.2, 0.25) is 0 Å². The molecule has 3 heterocycles. The van der Waals surface area contributed by atoms with Crippen molar-refractivity contribution in [1.82, 2.24) is 14.5 Å². The number of aromatic nitrogens is 3. The fourth-order valence-corrected chi connectivity index (χ4v) is 6.05. The van der Waals surface area contributed by atoms with Gasteiger partial charge in [-0.2, -0.15) is 8.62 Å². The molecule has 17 nitrogen and oxygen atoms in total. The first-order valence-electron chi connectivity index (χ1n) is 8.41. The normalized spacial score (nSPS) is 30.3. The first kappa shape index (κ1) is 25.3. The van der Waals surface area contributed by atoms with Gasteiger partial charge in [-0.1, -0.05) is 0 Å². The molecule has 1 aliphatic rings. The predicted molar refractivity (Wildman–Crippen MR) is 101 cm³/mol. The van der Waals surface area contributed by atoms with E-state index in [1.807, 2.05) is 0 Å². The molecule has 0 amide bonds. The number of aliphatic hydroxyl groups is 2. The topological polar surface area (TPSA) is 260 Å². The van der Waals surface area contributed by atoms with Crippen LogP contribution < -0.4 is 5.56 Å². The summed E-state index contributed by atoms with van der Waals surface area (Å²) in [6, 6.07) is 1.38. The maximum atomic E-state index is 11.9. The monoisotopic (exact) mass is 521 g/mol. The van der Waals surface area contributed by atoms with Crippen molar-refractivity contribution in [1.29, 1.82) is 0 Å². The summed E-state index contributed by atoms with van der Waals surface area (Å²) in [5, 5.41) is 21.3. The van der Waals surface area contributed by atoms with Gasteiger partial charge in [-0.15, -0.1) is 0 Å². The van der Waals surface area contributed by atoms with Crippen LogP contribution in [-0.4, -0.2) is 68.7 Å². The predicted octanol–water partition coefficient (Wildman–Crippen LogP) is -0.923. The molecule has 2 unspecified atom stereocenters. The van der Waals surface area contributed by atoms with Crippen molar-refractivity contribution in [2.75, 3.05) is 6.61 Å². The van der Waals surface area contributed by atoms with E-state index in [0.29, 0.717) is 0 Å².